The number of benzene rings is 1. The van der Waals surface area contributed by atoms with Crippen LogP contribution in [0.1, 0.15) is 10.5 Å². The number of aldehydes is 1. The van der Waals surface area contributed by atoms with E-state index in [1.165, 1.54) is 0 Å². The highest BCUT2D eigenvalue weighted by Crippen LogP contribution is 2.33. The summed E-state index contributed by atoms with van der Waals surface area (Å²) in [7, 11) is 0. The quantitative estimate of drug-likeness (QED) is 0.600. The lowest BCUT2D eigenvalue weighted by molar-refractivity contribution is 0.111. The molecule has 86 valence electrons. The summed E-state index contributed by atoms with van der Waals surface area (Å²) in [5.74, 6) is 0. The van der Waals surface area contributed by atoms with Crippen LogP contribution in [0.25, 0.3) is 11.1 Å². The zero-order valence-electron chi connectivity index (χ0n) is 8.45. The molecule has 0 aliphatic heterocycles. The van der Waals surface area contributed by atoms with Crippen LogP contribution in [0.5, 0.6) is 0 Å². The second kappa shape index (κ2) is 5.05. The number of halogens is 3. The van der Waals surface area contributed by atoms with Gasteiger partial charge in [-0.05, 0) is 24.3 Å². The minimum Gasteiger partial charge on any atom is -0.296 e. The Hall–Kier alpha value is -1.09. The maximum absolute atomic E-state index is 10.6. The normalized spacial score (nSPS) is 10.3. The Morgan fingerprint density at radius 3 is 2.29 bits per heavy atom. The van der Waals surface area contributed by atoms with Crippen LogP contribution in [0.2, 0.25) is 15.2 Å². The van der Waals surface area contributed by atoms with Gasteiger partial charge >= 0.3 is 0 Å². The molecule has 0 fully saturated rings. The van der Waals surface area contributed by atoms with Crippen molar-refractivity contribution < 1.29 is 4.79 Å². The third kappa shape index (κ3) is 2.60. The summed E-state index contributed by atoms with van der Waals surface area (Å²) in [6.45, 7) is 0. The molecule has 0 radical (unpaired) electrons. The molecule has 1 aromatic heterocycles. The first-order valence-electron chi connectivity index (χ1n) is 4.69. The van der Waals surface area contributed by atoms with Crippen molar-refractivity contribution in [1.29, 1.82) is 0 Å². The van der Waals surface area contributed by atoms with Gasteiger partial charge in [-0.15, -0.1) is 0 Å². The molecule has 0 saturated carbocycles. The lowest BCUT2D eigenvalue weighted by atomic mass is 10.1. The van der Waals surface area contributed by atoms with Gasteiger partial charge in [-0.3, -0.25) is 4.79 Å². The highest BCUT2D eigenvalue weighted by atomic mass is 35.5. The lowest BCUT2D eigenvalue weighted by Gasteiger charge is -2.06. The molecule has 0 aliphatic carbocycles. The molecule has 17 heavy (non-hydrogen) atoms. The molecule has 0 bridgehead atoms. The summed E-state index contributed by atoms with van der Waals surface area (Å²) in [6.07, 6.45) is 0.638. The van der Waals surface area contributed by atoms with E-state index in [2.05, 4.69) is 4.98 Å². The third-order valence-corrected chi connectivity index (χ3v) is 3.05. The van der Waals surface area contributed by atoms with Gasteiger partial charge in [-0.1, -0.05) is 40.9 Å². The summed E-state index contributed by atoms with van der Waals surface area (Å²) >= 11 is 17.9. The molecule has 0 saturated heterocycles. The fourth-order valence-corrected chi connectivity index (χ4v) is 2.20. The van der Waals surface area contributed by atoms with Crippen LogP contribution in [0.15, 0.2) is 30.3 Å². The second-order valence-corrected chi connectivity index (χ2v) is 4.52. The maximum Gasteiger partial charge on any atom is 0.168 e. The maximum atomic E-state index is 10.6. The standard InChI is InChI=1S/C12H6Cl3NO/c13-7-1-3-9(11(14)5-7)10-4-2-8(6-17)16-12(10)15/h1-6H. The third-order valence-electron chi connectivity index (χ3n) is 2.21. The van der Waals surface area contributed by atoms with Crippen molar-refractivity contribution >= 4 is 41.1 Å². The van der Waals surface area contributed by atoms with E-state index in [-0.39, 0.29) is 10.8 Å². The van der Waals surface area contributed by atoms with E-state index in [0.29, 0.717) is 21.9 Å². The number of hydrogen-bond acceptors (Lipinski definition) is 2. The fraction of sp³-hybridized carbons (Fsp3) is 0. The molecule has 0 unspecified atom stereocenters. The molecule has 0 amide bonds. The molecule has 0 atom stereocenters. The number of rotatable bonds is 2. The monoisotopic (exact) mass is 285 g/mol. The van der Waals surface area contributed by atoms with Crippen molar-refractivity contribution in [1.82, 2.24) is 4.98 Å². The van der Waals surface area contributed by atoms with Gasteiger partial charge in [-0.25, -0.2) is 4.98 Å². The first kappa shape index (κ1) is 12.4. The van der Waals surface area contributed by atoms with E-state index >= 15 is 0 Å². The number of hydrogen-bond donors (Lipinski definition) is 0. The summed E-state index contributed by atoms with van der Waals surface area (Å²) in [4.78, 5) is 14.5. The van der Waals surface area contributed by atoms with Gasteiger partial charge in [0.2, 0.25) is 0 Å². The molecule has 0 N–H and O–H groups in total. The van der Waals surface area contributed by atoms with E-state index in [1.54, 1.807) is 30.3 Å². The largest absolute Gasteiger partial charge is 0.296 e. The molecular formula is C12H6Cl3NO. The van der Waals surface area contributed by atoms with Gasteiger partial charge in [0.1, 0.15) is 10.8 Å². The number of carbonyl (C=O) groups excluding carboxylic acids is 1. The summed E-state index contributed by atoms with van der Waals surface area (Å²) in [6, 6.07) is 8.39. The van der Waals surface area contributed by atoms with Crippen LogP contribution in [0.4, 0.5) is 0 Å². The Kier molecular flexibility index (Phi) is 3.67. The highest BCUT2D eigenvalue weighted by Gasteiger charge is 2.09. The molecule has 2 rings (SSSR count). The van der Waals surface area contributed by atoms with Crippen molar-refractivity contribution in [3.63, 3.8) is 0 Å². The molecule has 0 aliphatic rings. The van der Waals surface area contributed by atoms with Crippen LogP contribution in [-0.2, 0) is 0 Å². The van der Waals surface area contributed by atoms with Crippen molar-refractivity contribution in [3.8, 4) is 11.1 Å². The van der Waals surface area contributed by atoms with E-state index < -0.39 is 0 Å². The molecule has 2 aromatic rings. The van der Waals surface area contributed by atoms with Crippen LogP contribution < -0.4 is 0 Å². The van der Waals surface area contributed by atoms with Gasteiger partial charge in [0.05, 0.1) is 0 Å². The first-order chi connectivity index (χ1) is 8.11. The van der Waals surface area contributed by atoms with Gasteiger partial charge in [-0.2, -0.15) is 0 Å². The average Bonchev–Trinajstić information content (AvgIpc) is 2.30. The van der Waals surface area contributed by atoms with Crippen molar-refractivity contribution in [2.75, 3.05) is 0 Å². The first-order valence-corrected chi connectivity index (χ1v) is 5.82. The Morgan fingerprint density at radius 1 is 1.00 bits per heavy atom. The van der Waals surface area contributed by atoms with E-state index in [9.17, 15) is 4.79 Å². The second-order valence-electron chi connectivity index (χ2n) is 3.32. The summed E-state index contributed by atoms with van der Waals surface area (Å²) < 4.78 is 0. The van der Waals surface area contributed by atoms with E-state index in [0.717, 1.165) is 5.56 Å². The molecule has 1 aromatic carbocycles. The Bertz CT molecular complexity index is 584. The van der Waals surface area contributed by atoms with Gasteiger partial charge in [0.25, 0.3) is 0 Å². The van der Waals surface area contributed by atoms with Gasteiger partial charge < -0.3 is 0 Å². The summed E-state index contributed by atoms with van der Waals surface area (Å²) in [5, 5.41) is 1.27. The molecular weight excluding hydrogens is 280 g/mol. The average molecular weight is 287 g/mol. The number of nitrogens with zero attached hydrogens (tertiary/aromatic N) is 1. The van der Waals surface area contributed by atoms with Crippen LogP contribution >= 0.6 is 34.8 Å². The lowest BCUT2D eigenvalue weighted by Crippen LogP contribution is -1.90. The number of pyridine rings is 1. The Balaban J connectivity index is 2.56. The van der Waals surface area contributed by atoms with Crippen LogP contribution in [-0.4, -0.2) is 11.3 Å². The smallest absolute Gasteiger partial charge is 0.168 e. The predicted octanol–water partition coefficient (Wildman–Crippen LogP) is 4.52. The fourth-order valence-electron chi connectivity index (χ4n) is 1.42. The minimum atomic E-state index is 0.235. The Labute approximate surface area is 113 Å². The van der Waals surface area contributed by atoms with Crippen LogP contribution in [0.3, 0.4) is 0 Å². The van der Waals surface area contributed by atoms with E-state index in [1.807, 2.05) is 0 Å². The molecule has 5 heteroatoms. The molecule has 2 nitrogen and oxygen atoms in total. The van der Waals surface area contributed by atoms with Gasteiger partial charge in [0.15, 0.2) is 6.29 Å². The SMILES string of the molecule is O=Cc1ccc(-c2ccc(Cl)cc2Cl)c(Cl)n1. The minimum absolute atomic E-state index is 0.235. The van der Waals surface area contributed by atoms with Gasteiger partial charge in [0, 0.05) is 21.2 Å². The van der Waals surface area contributed by atoms with Crippen molar-refractivity contribution in [2.24, 2.45) is 0 Å². The van der Waals surface area contributed by atoms with E-state index in [4.69, 9.17) is 34.8 Å². The topological polar surface area (TPSA) is 30.0 Å². The van der Waals surface area contributed by atoms with Crippen molar-refractivity contribution in [3.05, 3.63) is 51.2 Å². The summed E-state index contributed by atoms with van der Waals surface area (Å²) in [5.41, 5.74) is 1.67. The molecule has 1 heterocycles. The predicted molar refractivity (Wildman–Crippen MR) is 70.1 cm³/mol. The number of carbonyl (C=O) groups is 1. The van der Waals surface area contributed by atoms with Crippen LogP contribution in [0, 0.1) is 0 Å². The number of aromatic nitrogens is 1. The van der Waals surface area contributed by atoms with Crippen molar-refractivity contribution in [2.45, 2.75) is 0 Å². The Morgan fingerprint density at radius 2 is 1.71 bits per heavy atom. The zero-order valence-corrected chi connectivity index (χ0v) is 10.7. The highest BCUT2D eigenvalue weighted by molar-refractivity contribution is 6.37. The molecule has 0 spiro atoms. The zero-order chi connectivity index (χ0) is 12.4.